The lowest BCUT2D eigenvalue weighted by atomic mass is 9.85. The first kappa shape index (κ1) is 34.3. The van der Waals surface area contributed by atoms with E-state index in [1.54, 1.807) is 6.07 Å². The molecule has 0 atom stereocenters. The smallest absolute Gasteiger partial charge is 0.149 e. The molecule has 3 heterocycles. The number of nitrogens with zero attached hydrogens (tertiary/aromatic N) is 3. The Hall–Kier alpha value is -7.24. The van der Waals surface area contributed by atoms with Crippen molar-refractivity contribution in [1.29, 1.82) is 0 Å². The fourth-order valence-electron chi connectivity index (χ4n) is 7.97. The van der Waals surface area contributed by atoms with Crippen LogP contribution in [0.4, 0.5) is 0 Å². The minimum atomic E-state index is -0.0575. The van der Waals surface area contributed by atoms with Gasteiger partial charge in [0.25, 0.3) is 0 Å². The van der Waals surface area contributed by atoms with Crippen molar-refractivity contribution in [3.05, 3.63) is 182 Å². The van der Waals surface area contributed by atoms with E-state index in [4.69, 9.17) is 14.4 Å². The number of phenols is 1. The van der Waals surface area contributed by atoms with E-state index in [2.05, 4.69) is 135 Å². The van der Waals surface area contributed by atoms with Gasteiger partial charge >= 0.3 is 0 Å². The summed E-state index contributed by atoms with van der Waals surface area (Å²) in [5.74, 6) is 0.830. The van der Waals surface area contributed by atoms with E-state index in [1.807, 2.05) is 60.8 Å². The van der Waals surface area contributed by atoms with Crippen molar-refractivity contribution in [3.63, 3.8) is 0 Å². The SMILES string of the molecule is CC(C)(C)c1ccc(-n2c(-c3ccccc3O)nc3c(-c4cc(-c5ccccc5)cc(-c5cc6oc7ccccc7c6cn5)c4)cccc32)c(-c2ccccc2)c1. The van der Waals surface area contributed by atoms with E-state index in [0.29, 0.717) is 11.4 Å². The molecule has 0 aliphatic heterocycles. The number of furan rings is 1. The summed E-state index contributed by atoms with van der Waals surface area (Å²) in [5, 5.41) is 13.4. The second kappa shape index (κ2) is 13.5. The highest BCUT2D eigenvalue weighted by Crippen LogP contribution is 2.42. The molecule has 10 rings (SSSR count). The Balaban J connectivity index is 1.23. The number of aromatic nitrogens is 3. The Kier molecular flexibility index (Phi) is 8.12. The lowest BCUT2D eigenvalue weighted by molar-refractivity contribution is 0.477. The number of para-hydroxylation sites is 3. The third kappa shape index (κ3) is 6.05. The topological polar surface area (TPSA) is 64.1 Å². The van der Waals surface area contributed by atoms with E-state index in [1.165, 1.54) is 5.56 Å². The van der Waals surface area contributed by atoms with Gasteiger partial charge in [-0.2, -0.15) is 0 Å². The second-order valence-corrected chi connectivity index (χ2v) is 15.6. The summed E-state index contributed by atoms with van der Waals surface area (Å²) in [5.41, 5.74) is 14.3. The first-order valence-corrected chi connectivity index (χ1v) is 19.3. The van der Waals surface area contributed by atoms with Gasteiger partial charge in [-0.25, -0.2) is 4.98 Å². The van der Waals surface area contributed by atoms with Crippen LogP contribution < -0.4 is 0 Å². The van der Waals surface area contributed by atoms with Crippen molar-refractivity contribution in [2.45, 2.75) is 26.2 Å². The molecular weight excluding hydrogens is 699 g/mol. The maximum Gasteiger partial charge on any atom is 0.149 e. The van der Waals surface area contributed by atoms with Crippen LogP contribution in [0.2, 0.25) is 0 Å². The lowest BCUT2D eigenvalue weighted by Crippen LogP contribution is -2.12. The molecule has 0 radical (unpaired) electrons. The van der Waals surface area contributed by atoms with Crippen LogP contribution in [0, 0.1) is 0 Å². The summed E-state index contributed by atoms with van der Waals surface area (Å²) in [6.07, 6.45) is 1.92. The molecule has 0 bridgehead atoms. The maximum absolute atomic E-state index is 11.4. The Morgan fingerprint density at radius 1 is 0.526 bits per heavy atom. The van der Waals surface area contributed by atoms with Gasteiger partial charge in [-0.05, 0) is 87.8 Å². The number of hydrogen-bond donors (Lipinski definition) is 1. The van der Waals surface area contributed by atoms with Gasteiger partial charge in [0.2, 0.25) is 0 Å². The third-order valence-corrected chi connectivity index (χ3v) is 10.9. The van der Waals surface area contributed by atoms with Gasteiger partial charge in [0, 0.05) is 39.7 Å². The normalized spacial score (nSPS) is 11.8. The van der Waals surface area contributed by atoms with Crippen molar-refractivity contribution >= 4 is 33.0 Å². The molecule has 10 aromatic rings. The van der Waals surface area contributed by atoms with Crippen LogP contribution in [0.3, 0.4) is 0 Å². The molecule has 5 heteroatoms. The summed E-state index contributed by atoms with van der Waals surface area (Å²) in [7, 11) is 0. The number of fused-ring (bicyclic) bond motifs is 4. The molecule has 0 spiro atoms. The number of rotatable bonds is 6. The first-order valence-electron chi connectivity index (χ1n) is 19.3. The van der Waals surface area contributed by atoms with Crippen molar-refractivity contribution in [1.82, 2.24) is 14.5 Å². The Bertz CT molecular complexity index is 3120. The van der Waals surface area contributed by atoms with Crippen LogP contribution in [-0.2, 0) is 5.41 Å². The average molecular weight is 738 g/mol. The lowest BCUT2D eigenvalue weighted by Gasteiger charge is -2.23. The number of benzene rings is 7. The molecule has 274 valence electrons. The predicted molar refractivity (Wildman–Crippen MR) is 234 cm³/mol. The zero-order chi connectivity index (χ0) is 38.7. The first-order chi connectivity index (χ1) is 27.8. The fraction of sp³-hybridized carbons (Fsp3) is 0.0769. The summed E-state index contributed by atoms with van der Waals surface area (Å²) in [6.45, 7) is 6.72. The molecule has 0 fully saturated rings. The number of phenolic OH excluding ortho intramolecular Hbond substituents is 1. The van der Waals surface area contributed by atoms with Gasteiger partial charge in [-0.3, -0.25) is 9.55 Å². The highest BCUT2D eigenvalue weighted by molar-refractivity contribution is 6.05. The molecule has 0 amide bonds. The van der Waals surface area contributed by atoms with Crippen LogP contribution in [0.1, 0.15) is 26.3 Å². The van der Waals surface area contributed by atoms with Crippen molar-refractivity contribution in [2.24, 2.45) is 0 Å². The Labute approximate surface area is 331 Å². The molecule has 7 aromatic carbocycles. The van der Waals surface area contributed by atoms with E-state index in [-0.39, 0.29) is 11.2 Å². The Morgan fingerprint density at radius 2 is 1.21 bits per heavy atom. The van der Waals surface area contributed by atoms with Gasteiger partial charge < -0.3 is 9.52 Å². The van der Waals surface area contributed by atoms with E-state index < -0.39 is 0 Å². The number of pyridine rings is 1. The predicted octanol–water partition coefficient (Wildman–Crippen LogP) is 13.7. The maximum atomic E-state index is 11.4. The zero-order valence-corrected chi connectivity index (χ0v) is 31.9. The largest absolute Gasteiger partial charge is 0.507 e. The zero-order valence-electron chi connectivity index (χ0n) is 31.9. The third-order valence-electron chi connectivity index (χ3n) is 10.9. The highest BCUT2D eigenvalue weighted by Gasteiger charge is 2.24. The standard InChI is InChI=1S/C52H39N3O2/c1-52(2,3)38-25-26-45(42(30-38)34-17-8-5-9-18-34)55-46-22-14-21-39(50(46)54-51(55)41-20-10-12-23-47(41)56)36-27-35(33-15-6-4-7-16-33)28-37(29-36)44-31-49-43(32-53-44)40-19-11-13-24-48(40)57-49/h4-32,56H,1-3H3. The summed E-state index contributed by atoms with van der Waals surface area (Å²) < 4.78 is 8.52. The molecule has 57 heavy (non-hydrogen) atoms. The van der Waals surface area contributed by atoms with E-state index in [9.17, 15) is 5.11 Å². The van der Waals surface area contributed by atoms with Gasteiger partial charge in [0.15, 0.2) is 0 Å². The minimum absolute atomic E-state index is 0.0575. The van der Waals surface area contributed by atoms with Gasteiger partial charge in [-0.1, -0.05) is 130 Å². The fourth-order valence-corrected chi connectivity index (χ4v) is 7.97. The second-order valence-electron chi connectivity index (χ2n) is 15.6. The van der Waals surface area contributed by atoms with Crippen LogP contribution in [0.15, 0.2) is 180 Å². The Morgan fingerprint density at radius 3 is 2.00 bits per heavy atom. The molecule has 0 aliphatic carbocycles. The van der Waals surface area contributed by atoms with Crippen LogP contribution in [0.5, 0.6) is 5.75 Å². The van der Waals surface area contributed by atoms with Gasteiger partial charge in [0.1, 0.15) is 22.7 Å². The summed E-state index contributed by atoms with van der Waals surface area (Å²) in [6, 6.07) is 58.3. The van der Waals surface area contributed by atoms with Gasteiger partial charge in [-0.15, -0.1) is 0 Å². The monoisotopic (exact) mass is 737 g/mol. The van der Waals surface area contributed by atoms with Crippen molar-refractivity contribution in [2.75, 3.05) is 0 Å². The summed E-state index contributed by atoms with van der Waals surface area (Å²) >= 11 is 0. The number of hydrogen-bond acceptors (Lipinski definition) is 4. The molecular formula is C52H39N3O2. The van der Waals surface area contributed by atoms with E-state index >= 15 is 0 Å². The van der Waals surface area contributed by atoms with Crippen molar-refractivity contribution in [3.8, 4) is 67.5 Å². The van der Waals surface area contributed by atoms with Crippen molar-refractivity contribution < 1.29 is 9.52 Å². The molecule has 1 N–H and O–H groups in total. The van der Waals surface area contributed by atoms with Gasteiger partial charge in [0.05, 0.1) is 28.0 Å². The minimum Gasteiger partial charge on any atom is -0.507 e. The molecule has 0 saturated carbocycles. The quantitative estimate of drug-likeness (QED) is 0.185. The summed E-state index contributed by atoms with van der Waals surface area (Å²) in [4.78, 5) is 10.4. The average Bonchev–Trinajstić information content (AvgIpc) is 3.82. The molecule has 0 saturated heterocycles. The highest BCUT2D eigenvalue weighted by atomic mass is 16.3. The van der Waals surface area contributed by atoms with Crippen LogP contribution in [-0.4, -0.2) is 19.6 Å². The number of imidazole rings is 1. The van der Waals surface area contributed by atoms with Crippen LogP contribution >= 0.6 is 0 Å². The molecule has 3 aromatic heterocycles. The number of aromatic hydroxyl groups is 1. The molecule has 0 aliphatic rings. The van der Waals surface area contributed by atoms with Crippen LogP contribution in [0.25, 0.3) is 94.7 Å². The van der Waals surface area contributed by atoms with E-state index in [0.717, 1.165) is 83.3 Å². The molecule has 5 nitrogen and oxygen atoms in total. The molecule has 0 unspecified atom stereocenters.